The Bertz CT molecular complexity index is 1570. The Labute approximate surface area is 285 Å². The van der Waals surface area contributed by atoms with E-state index in [0.29, 0.717) is 29.0 Å². The van der Waals surface area contributed by atoms with Crippen LogP contribution in [-0.2, 0) is 17.8 Å². The van der Waals surface area contributed by atoms with Crippen molar-refractivity contribution in [2.45, 2.75) is 64.3 Å². The van der Waals surface area contributed by atoms with Crippen molar-refractivity contribution in [1.29, 1.82) is 0 Å². The number of carboxylic acid groups (broad SMARTS) is 1. The smallest absolute Gasteiger partial charge is 0.550 e. The van der Waals surface area contributed by atoms with Crippen molar-refractivity contribution in [2.24, 2.45) is 0 Å². The zero-order valence-corrected chi connectivity index (χ0v) is 28.1. The molecular formula is C35H38FN2NaO6. The average Bonchev–Trinajstić information content (AvgIpc) is 3.35. The fraction of sp³-hybridized carbons (Fsp3) is 0.314. The number of hydrogen-bond donors (Lipinski definition) is 3. The molecule has 45 heavy (non-hydrogen) atoms. The molecule has 3 aromatic carbocycles. The van der Waals surface area contributed by atoms with Crippen LogP contribution in [0.5, 0.6) is 5.75 Å². The number of carboxylic acids is 1. The van der Waals surface area contributed by atoms with Gasteiger partial charge in [0.1, 0.15) is 17.3 Å². The molecule has 0 bridgehead atoms. The van der Waals surface area contributed by atoms with Crippen molar-refractivity contribution in [3.05, 3.63) is 102 Å². The Kier molecular flexibility index (Phi) is 13.4. The van der Waals surface area contributed by atoms with Gasteiger partial charge in [-0.15, -0.1) is 0 Å². The van der Waals surface area contributed by atoms with Gasteiger partial charge in [0.05, 0.1) is 19.3 Å². The van der Waals surface area contributed by atoms with Gasteiger partial charge >= 0.3 is 29.6 Å². The fourth-order valence-corrected chi connectivity index (χ4v) is 5.55. The third-order valence-corrected chi connectivity index (χ3v) is 7.48. The van der Waals surface area contributed by atoms with Gasteiger partial charge in [-0.1, -0.05) is 54.6 Å². The van der Waals surface area contributed by atoms with E-state index in [1.54, 1.807) is 19.2 Å². The monoisotopic (exact) mass is 624 g/mol. The number of hydrogen-bond acceptors (Lipinski definition) is 6. The third kappa shape index (κ3) is 9.28. The zero-order valence-electron chi connectivity index (χ0n) is 26.1. The van der Waals surface area contributed by atoms with Crippen LogP contribution >= 0.6 is 0 Å². The molecule has 0 saturated carbocycles. The summed E-state index contributed by atoms with van der Waals surface area (Å²) in [5.74, 6) is -1.42. The molecule has 0 aliphatic carbocycles. The standard InChI is InChI=1S/C35H39FN2O6.Na/c1-22(2)38-30(17-16-27(39)19-28(40)20-31(41)42)32(25-12-14-26(36)15-13-25)33(24-9-5-4-6-10-24)34(38)35(43)37-21-23-8-7-11-29(18-23)44-3;/h4-15,18,22,27-28,39-40H,16-17,19-21H2,1-3H3,(H,37,43)(H,41,42);/q;+1/p-1/t27-,28-;/m1./s1. The predicted molar refractivity (Wildman–Crippen MR) is 164 cm³/mol. The van der Waals surface area contributed by atoms with E-state index < -0.39 is 30.4 Å². The maximum absolute atomic E-state index is 14.2. The van der Waals surface area contributed by atoms with Gasteiger partial charge in [0.2, 0.25) is 0 Å². The predicted octanol–water partition coefficient (Wildman–Crippen LogP) is 1.67. The number of halogens is 1. The van der Waals surface area contributed by atoms with Crippen molar-refractivity contribution in [3.8, 4) is 28.0 Å². The first-order valence-corrected chi connectivity index (χ1v) is 14.6. The number of amides is 1. The molecule has 0 spiro atoms. The molecule has 1 amide bonds. The van der Waals surface area contributed by atoms with Crippen LogP contribution in [0.4, 0.5) is 4.39 Å². The number of aromatic nitrogens is 1. The number of aliphatic hydroxyl groups is 2. The molecule has 0 fully saturated rings. The quantitative estimate of drug-likeness (QED) is 0.184. The van der Waals surface area contributed by atoms with Crippen LogP contribution in [0.1, 0.15) is 60.9 Å². The first-order chi connectivity index (χ1) is 21.1. The molecule has 4 aromatic rings. The van der Waals surface area contributed by atoms with E-state index in [-0.39, 0.29) is 60.9 Å². The van der Waals surface area contributed by atoms with Gasteiger partial charge in [0.25, 0.3) is 5.91 Å². The summed E-state index contributed by atoms with van der Waals surface area (Å²) in [5, 5.41) is 34.8. The normalized spacial score (nSPS) is 12.3. The second-order valence-corrected chi connectivity index (χ2v) is 11.1. The summed E-state index contributed by atoms with van der Waals surface area (Å²) in [7, 11) is 1.58. The van der Waals surface area contributed by atoms with Crippen LogP contribution in [0.25, 0.3) is 22.3 Å². The maximum atomic E-state index is 14.2. The summed E-state index contributed by atoms with van der Waals surface area (Å²) < 4.78 is 21.3. The number of nitrogens with zero attached hydrogens (tertiary/aromatic N) is 1. The van der Waals surface area contributed by atoms with Crippen molar-refractivity contribution in [2.75, 3.05) is 7.11 Å². The van der Waals surface area contributed by atoms with Crippen molar-refractivity contribution in [1.82, 2.24) is 9.88 Å². The summed E-state index contributed by atoms with van der Waals surface area (Å²) in [4.78, 5) is 25.1. The number of carbonyl (C=O) groups is 2. The molecule has 0 radical (unpaired) electrons. The molecule has 8 nitrogen and oxygen atoms in total. The van der Waals surface area contributed by atoms with Crippen LogP contribution in [0.3, 0.4) is 0 Å². The Morgan fingerprint density at radius 2 is 1.60 bits per heavy atom. The minimum absolute atomic E-state index is 0. The summed E-state index contributed by atoms with van der Waals surface area (Å²) in [5.41, 5.74) is 4.95. The van der Waals surface area contributed by atoms with E-state index in [1.165, 1.54) is 12.1 Å². The van der Waals surface area contributed by atoms with Gasteiger partial charge in [-0.3, -0.25) is 4.79 Å². The number of rotatable bonds is 14. The number of methoxy groups -OCH3 is 1. The Morgan fingerprint density at radius 3 is 2.22 bits per heavy atom. The first-order valence-electron chi connectivity index (χ1n) is 14.6. The van der Waals surface area contributed by atoms with Crippen LogP contribution in [0.15, 0.2) is 78.9 Å². The average molecular weight is 625 g/mol. The SMILES string of the molecule is COc1cccc(CNC(=O)c2c(-c3ccccc3)c(-c3ccc(F)cc3)c(CC[C@@H](O)C[C@@H](O)CC(=O)[O-])n2C(C)C)c1.[Na+]. The molecule has 0 aliphatic heterocycles. The molecule has 1 aromatic heterocycles. The van der Waals surface area contributed by atoms with Crippen LogP contribution < -0.4 is 44.7 Å². The fourth-order valence-electron chi connectivity index (χ4n) is 5.55. The molecule has 3 N–H and O–H groups in total. The number of nitrogens with one attached hydrogen (secondary N) is 1. The number of ether oxygens (including phenoxy) is 1. The molecule has 0 unspecified atom stereocenters. The van der Waals surface area contributed by atoms with Crippen molar-refractivity contribution >= 4 is 11.9 Å². The summed E-state index contributed by atoms with van der Waals surface area (Å²) in [6, 6.07) is 22.8. The molecule has 0 saturated heterocycles. The second-order valence-electron chi connectivity index (χ2n) is 11.1. The molecule has 2 atom stereocenters. The van der Waals surface area contributed by atoms with Crippen LogP contribution in [0, 0.1) is 5.82 Å². The summed E-state index contributed by atoms with van der Waals surface area (Å²) in [6.07, 6.45) is -2.48. The van der Waals surface area contributed by atoms with Crippen molar-refractivity contribution in [3.63, 3.8) is 0 Å². The minimum Gasteiger partial charge on any atom is -0.550 e. The largest absolute Gasteiger partial charge is 1.00 e. The minimum atomic E-state index is -1.39. The number of carbonyl (C=O) groups excluding carboxylic acids is 2. The number of aliphatic carboxylic acids is 1. The summed E-state index contributed by atoms with van der Waals surface area (Å²) in [6.45, 7) is 4.18. The van der Waals surface area contributed by atoms with Gasteiger partial charge in [-0.25, -0.2) is 4.39 Å². The maximum Gasteiger partial charge on any atom is 1.00 e. The topological polar surface area (TPSA) is 124 Å². The van der Waals surface area contributed by atoms with E-state index in [0.717, 1.165) is 22.4 Å². The zero-order chi connectivity index (χ0) is 31.8. The molecule has 10 heteroatoms. The van der Waals surface area contributed by atoms with Gasteiger partial charge in [0, 0.05) is 41.8 Å². The first kappa shape index (κ1) is 36.0. The van der Waals surface area contributed by atoms with E-state index in [2.05, 4.69) is 5.32 Å². The van der Waals surface area contributed by atoms with Gasteiger partial charge in [0.15, 0.2) is 0 Å². The van der Waals surface area contributed by atoms with Crippen LogP contribution in [0.2, 0.25) is 0 Å². The number of benzene rings is 3. The Balaban J connectivity index is 0.00000552. The Morgan fingerprint density at radius 1 is 0.933 bits per heavy atom. The second kappa shape index (κ2) is 16.7. The van der Waals surface area contributed by atoms with E-state index in [9.17, 15) is 29.3 Å². The van der Waals surface area contributed by atoms with Gasteiger partial charge in [-0.2, -0.15) is 0 Å². The van der Waals surface area contributed by atoms with Gasteiger partial charge in [-0.05, 0) is 74.1 Å². The molecule has 1 heterocycles. The molecule has 0 aliphatic rings. The van der Waals surface area contributed by atoms with Crippen LogP contribution in [-0.4, -0.2) is 46.0 Å². The summed E-state index contributed by atoms with van der Waals surface area (Å²) >= 11 is 0. The molecule has 232 valence electrons. The van der Waals surface area contributed by atoms with E-state index >= 15 is 0 Å². The van der Waals surface area contributed by atoms with Gasteiger partial charge < -0.3 is 34.7 Å². The number of aliphatic hydroxyl groups excluding tert-OH is 2. The third-order valence-electron chi connectivity index (χ3n) is 7.48. The van der Waals surface area contributed by atoms with Crippen molar-refractivity contribution < 1.29 is 63.6 Å². The van der Waals surface area contributed by atoms with E-state index in [1.807, 2.05) is 73.0 Å². The molecule has 4 rings (SSSR count). The van der Waals surface area contributed by atoms with E-state index in [4.69, 9.17) is 4.74 Å². The Hall–Kier alpha value is -3.47. The molecular weight excluding hydrogens is 586 g/mol.